The first-order chi connectivity index (χ1) is 7.70. The lowest BCUT2D eigenvalue weighted by atomic mass is 9.78. The third-order valence-corrected chi connectivity index (χ3v) is 5.16. The van der Waals surface area contributed by atoms with Gasteiger partial charge in [-0.2, -0.15) is 0 Å². The van der Waals surface area contributed by atoms with Crippen LogP contribution in [0.5, 0.6) is 0 Å². The lowest BCUT2D eigenvalue weighted by Gasteiger charge is -2.50. The first-order valence-corrected chi connectivity index (χ1v) is 7.00. The average molecular weight is 280 g/mol. The normalized spacial score (nSPS) is 22.5. The Morgan fingerprint density at radius 3 is 2.56 bits per heavy atom. The Kier molecular flexibility index (Phi) is 2.50. The third kappa shape index (κ3) is 1.58. The molecule has 1 heterocycles. The van der Waals surface area contributed by atoms with Crippen LogP contribution in [0.2, 0.25) is 0 Å². The van der Waals surface area contributed by atoms with Gasteiger partial charge in [-0.1, -0.05) is 34.8 Å². The molecule has 2 heteroatoms. The zero-order valence-corrected chi connectivity index (χ0v) is 11.4. The summed E-state index contributed by atoms with van der Waals surface area (Å²) >= 11 is 3.62. The van der Waals surface area contributed by atoms with Crippen molar-refractivity contribution < 1.29 is 0 Å². The molecule has 0 bridgehead atoms. The maximum absolute atomic E-state index is 3.62. The van der Waals surface area contributed by atoms with Gasteiger partial charge in [0.1, 0.15) is 0 Å². The molecule has 1 saturated heterocycles. The summed E-state index contributed by atoms with van der Waals surface area (Å²) < 4.78 is 1.23. The lowest BCUT2D eigenvalue weighted by molar-refractivity contribution is 0.221. The van der Waals surface area contributed by atoms with Crippen LogP contribution in [0, 0.1) is 12.3 Å². The van der Waals surface area contributed by atoms with Crippen LogP contribution < -0.4 is 4.90 Å². The van der Waals surface area contributed by atoms with Crippen molar-refractivity contribution in [3.05, 3.63) is 28.2 Å². The van der Waals surface area contributed by atoms with Gasteiger partial charge in [-0.05, 0) is 37.5 Å². The molecular formula is C14H18BrN. The van der Waals surface area contributed by atoms with Crippen molar-refractivity contribution in [3.8, 4) is 0 Å². The molecule has 0 N–H and O–H groups in total. The SMILES string of the molecule is Cc1c(Br)cccc1N1CC2(CCCC2)C1. The van der Waals surface area contributed by atoms with Gasteiger partial charge in [0.15, 0.2) is 0 Å². The first-order valence-electron chi connectivity index (χ1n) is 6.20. The summed E-state index contributed by atoms with van der Waals surface area (Å²) in [5.74, 6) is 0. The topological polar surface area (TPSA) is 3.24 Å². The van der Waals surface area contributed by atoms with E-state index in [4.69, 9.17) is 0 Å². The monoisotopic (exact) mass is 279 g/mol. The Labute approximate surface area is 106 Å². The minimum absolute atomic E-state index is 0.689. The molecule has 1 aromatic rings. The second-order valence-electron chi connectivity index (χ2n) is 5.45. The minimum Gasteiger partial charge on any atom is -0.370 e. The molecule has 1 saturated carbocycles. The molecule has 0 amide bonds. The smallest absolute Gasteiger partial charge is 0.0407 e. The predicted molar refractivity (Wildman–Crippen MR) is 72.0 cm³/mol. The molecule has 0 unspecified atom stereocenters. The molecule has 3 rings (SSSR count). The van der Waals surface area contributed by atoms with Crippen molar-refractivity contribution >= 4 is 21.6 Å². The van der Waals surface area contributed by atoms with Crippen molar-refractivity contribution in [1.82, 2.24) is 0 Å². The van der Waals surface area contributed by atoms with E-state index >= 15 is 0 Å². The van der Waals surface area contributed by atoms with Gasteiger partial charge >= 0.3 is 0 Å². The van der Waals surface area contributed by atoms with E-state index in [2.05, 4.69) is 46.0 Å². The highest BCUT2D eigenvalue weighted by Gasteiger charge is 2.44. The Morgan fingerprint density at radius 1 is 1.19 bits per heavy atom. The van der Waals surface area contributed by atoms with Gasteiger partial charge in [0, 0.05) is 28.7 Å². The summed E-state index contributed by atoms with van der Waals surface area (Å²) in [4.78, 5) is 2.55. The van der Waals surface area contributed by atoms with Crippen LogP contribution in [0.15, 0.2) is 22.7 Å². The van der Waals surface area contributed by atoms with E-state index in [0.29, 0.717) is 5.41 Å². The highest BCUT2D eigenvalue weighted by Crippen LogP contribution is 2.47. The van der Waals surface area contributed by atoms with Crippen molar-refractivity contribution in [1.29, 1.82) is 0 Å². The molecule has 16 heavy (non-hydrogen) atoms. The summed E-state index contributed by atoms with van der Waals surface area (Å²) in [6, 6.07) is 6.53. The molecule has 2 aliphatic rings. The fraction of sp³-hybridized carbons (Fsp3) is 0.571. The number of hydrogen-bond acceptors (Lipinski definition) is 1. The number of benzene rings is 1. The molecule has 1 aliphatic heterocycles. The minimum atomic E-state index is 0.689. The summed E-state index contributed by atoms with van der Waals surface area (Å²) in [5, 5.41) is 0. The van der Waals surface area contributed by atoms with Crippen LogP contribution in [0.4, 0.5) is 5.69 Å². The number of hydrogen-bond donors (Lipinski definition) is 0. The standard InChI is InChI=1S/C14H18BrN/c1-11-12(15)5-4-6-13(11)16-9-14(10-16)7-2-3-8-14/h4-6H,2-3,7-10H2,1H3. The predicted octanol–water partition coefficient (Wildman–Crippen LogP) is 4.14. The summed E-state index contributed by atoms with van der Waals surface area (Å²) in [5.41, 5.74) is 3.50. The van der Waals surface area contributed by atoms with E-state index in [1.807, 2.05) is 0 Å². The largest absolute Gasteiger partial charge is 0.370 e. The summed E-state index contributed by atoms with van der Waals surface area (Å²) in [7, 11) is 0. The maximum Gasteiger partial charge on any atom is 0.0407 e. The third-order valence-electron chi connectivity index (χ3n) is 4.30. The molecule has 0 atom stereocenters. The zero-order chi connectivity index (χ0) is 11.2. The molecule has 1 aliphatic carbocycles. The van der Waals surface area contributed by atoms with E-state index < -0.39 is 0 Å². The number of halogens is 1. The number of nitrogens with zero attached hydrogens (tertiary/aromatic N) is 1. The zero-order valence-electron chi connectivity index (χ0n) is 9.80. The van der Waals surface area contributed by atoms with Gasteiger partial charge in [0.25, 0.3) is 0 Å². The molecule has 1 nitrogen and oxygen atoms in total. The van der Waals surface area contributed by atoms with Crippen LogP contribution in [-0.2, 0) is 0 Å². The molecule has 0 aromatic heterocycles. The van der Waals surface area contributed by atoms with Crippen molar-refractivity contribution in [3.63, 3.8) is 0 Å². The van der Waals surface area contributed by atoms with Gasteiger partial charge in [0.05, 0.1) is 0 Å². The average Bonchev–Trinajstić information content (AvgIpc) is 2.69. The van der Waals surface area contributed by atoms with Gasteiger partial charge in [0.2, 0.25) is 0 Å². The van der Waals surface area contributed by atoms with E-state index in [1.165, 1.54) is 54.5 Å². The van der Waals surface area contributed by atoms with E-state index in [-0.39, 0.29) is 0 Å². The fourth-order valence-electron chi connectivity index (χ4n) is 3.31. The molecule has 0 radical (unpaired) electrons. The Bertz CT molecular complexity index is 399. The molecule has 2 fully saturated rings. The maximum atomic E-state index is 3.62. The highest BCUT2D eigenvalue weighted by atomic mass is 79.9. The van der Waals surface area contributed by atoms with E-state index in [0.717, 1.165) is 0 Å². The molecule has 1 aromatic carbocycles. The van der Waals surface area contributed by atoms with Crippen LogP contribution in [0.3, 0.4) is 0 Å². The van der Waals surface area contributed by atoms with Crippen LogP contribution in [0.25, 0.3) is 0 Å². The Hall–Kier alpha value is -0.500. The van der Waals surface area contributed by atoms with Crippen LogP contribution in [0.1, 0.15) is 31.2 Å². The van der Waals surface area contributed by atoms with E-state index in [9.17, 15) is 0 Å². The Morgan fingerprint density at radius 2 is 1.88 bits per heavy atom. The number of anilines is 1. The van der Waals surface area contributed by atoms with Gasteiger partial charge in [-0.25, -0.2) is 0 Å². The van der Waals surface area contributed by atoms with Gasteiger partial charge in [-0.3, -0.25) is 0 Å². The van der Waals surface area contributed by atoms with E-state index in [1.54, 1.807) is 0 Å². The lowest BCUT2D eigenvalue weighted by Crippen LogP contribution is -2.55. The van der Waals surface area contributed by atoms with Crippen molar-refractivity contribution in [2.75, 3.05) is 18.0 Å². The van der Waals surface area contributed by atoms with Crippen molar-refractivity contribution in [2.24, 2.45) is 5.41 Å². The van der Waals surface area contributed by atoms with Crippen LogP contribution in [-0.4, -0.2) is 13.1 Å². The molecular weight excluding hydrogens is 262 g/mol. The van der Waals surface area contributed by atoms with Crippen LogP contribution >= 0.6 is 15.9 Å². The Balaban J connectivity index is 1.78. The first kappa shape index (κ1) is 10.6. The molecule has 86 valence electrons. The summed E-state index contributed by atoms with van der Waals surface area (Å²) in [6.45, 7) is 4.77. The van der Waals surface area contributed by atoms with Crippen molar-refractivity contribution in [2.45, 2.75) is 32.6 Å². The molecule has 1 spiro atoms. The number of rotatable bonds is 1. The van der Waals surface area contributed by atoms with Gasteiger partial charge in [-0.15, -0.1) is 0 Å². The second-order valence-corrected chi connectivity index (χ2v) is 6.30. The fourth-order valence-corrected chi connectivity index (χ4v) is 3.67. The summed E-state index contributed by atoms with van der Waals surface area (Å²) in [6.07, 6.45) is 5.81. The highest BCUT2D eigenvalue weighted by molar-refractivity contribution is 9.10. The quantitative estimate of drug-likeness (QED) is 0.747. The second kappa shape index (κ2) is 3.76. The van der Waals surface area contributed by atoms with Gasteiger partial charge < -0.3 is 4.90 Å².